The van der Waals surface area contributed by atoms with Crippen molar-refractivity contribution >= 4 is 17.5 Å². The molecular formula is C11H16ClN3O. The lowest BCUT2D eigenvalue weighted by molar-refractivity contribution is 0.0950. The quantitative estimate of drug-likeness (QED) is 0.793. The summed E-state index contributed by atoms with van der Waals surface area (Å²) < 4.78 is 0. The highest BCUT2D eigenvalue weighted by atomic mass is 35.5. The highest BCUT2D eigenvalue weighted by Crippen LogP contribution is 2.04. The SMILES string of the molecule is CCN(C)CCNC(=O)c1ccc(Cl)nc1. The van der Waals surface area contributed by atoms with E-state index in [0.29, 0.717) is 17.3 Å². The van der Waals surface area contributed by atoms with Crippen molar-refractivity contribution in [3.8, 4) is 0 Å². The minimum absolute atomic E-state index is 0.117. The zero-order chi connectivity index (χ0) is 12.0. The van der Waals surface area contributed by atoms with E-state index in [9.17, 15) is 4.79 Å². The predicted molar refractivity (Wildman–Crippen MR) is 64.8 cm³/mol. The maximum Gasteiger partial charge on any atom is 0.252 e. The Labute approximate surface area is 101 Å². The van der Waals surface area contributed by atoms with Crippen molar-refractivity contribution in [3.63, 3.8) is 0 Å². The van der Waals surface area contributed by atoms with E-state index in [-0.39, 0.29) is 5.91 Å². The summed E-state index contributed by atoms with van der Waals surface area (Å²) in [6, 6.07) is 3.27. The van der Waals surface area contributed by atoms with Crippen molar-refractivity contribution < 1.29 is 4.79 Å². The first kappa shape index (κ1) is 12.9. The molecule has 0 saturated heterocycles. The van der Waals surface area contributed by atoms with E-state index in [1.165, 1.54) is 6.20 Å². The number of likely N-dealkylation sites (N-methyl/N-ethyl adjacent to an activating group) is 1. The van der Waals surface area contributed by atoms with Crippen LogP contribution in [-0.2, 0) is 0 Å². The molecule has 0 radical (unpaired) electrons. The molecule has 1 aromatic rings. The second kappa shape index (κ2) is 6.45. The summed E-state index contributed by atoms with van der Waals surface area (Å²) in [5, 5.41) is 3.21. The number of carbonyl (C=O) groups excluding carboxylic acids is 1. The number of amides is 1. The fourth-order valence-electron chi connectivity index (χ4n) is 1.13. The van der Waals surface area contributed by atoms with E-state index in [0.717, 1.165) is 13.1 Å². The van der Waals surface area contributed by atoms with Gasteiger partial charge in [0.2, 0.25) is 0 Å². The highest BCUT2D eigenvalue weighted by Gasteiger charge is 2.05. The largest absolute Gasteiger partial charge is 0.351 e. The van der Waals surface area contributed by atoms with E-state index >= 15 is 0 Å². The zero-order valence-corrected chi connectivity index (χ0v) is 10.3. The fraction of sp³-hybridized carbons (Fsp3) is 0.455. The van der Waals surface area contributed by atoms with Crippen LogP contribution in [0.5, 0.6) is 0 Å². The zero-order valence-electron chi connectivity index (χ0n) is 9.53. The summed E-state index contributed by atoms with van der Waals surface area (Å²) in [4.78, 5) is 17.6. The second-order valence-corrected chi connectivity index (χ2v) is 3.91. The van der Waals surface area contributed by atoms with Crippen LogP contribution < -0.4 is 5.32 Å². The standard InChI is InChI=1S/C11H16ClN3O/c1-3-15(2)7-6-13-11(16)9-4-5-10(12)14-8-9/h4-5,8H,3,6-7H2,1-2H3,(H,13,16). The number of nitrogens with zero attached hydrogens (tertiary/aromatic N) is 2. The summed E-state index contributed by atoms with van der Waals surface area (Å²) in [6.45, 7) is 4.51. The van der Waals surface area contributed by atoms with E-state index in [1.54, 1.807) is 12.1 Å². The number of hydrogen-bond donors (Lipinski definition) is 1. The Kier molecular flexibility index (Phi) is 5.22. The molecule has 0 unspecified atom stereocenters. The smallest absolute Gasteiger partial charge is 0.252 e. The van der Waals surface area contributed by atoms with Gasteiger partial charge in [-0.2, -0.15) is 0 Å². The Morgan fingerprint density at radius 1 is 1.56 bits per heavy atom. The molecule has 1 N–H and O–H groups in total. The Morgan fingerprint density at radius 2 is 2.31 bits per heavy atom. The van der Waals surface area contributed by atoms with Crippen LogP contribution >= 0.6 is 11.6 Å². The van der Waals surface area contributed by atoms with E-state index in [2.05, 4.69) is 22.1 Å². The van der Waals surface area contributed by atoms with Gasteiger partial charge in [-0.05, 0) is 25.7 Å². The van der Waals surface area contributed by atoms with E-state index in [1.807, 2.05) is 7.05 Å². The second-order valence-electron chi connectivity index (χ2n) is 3.52. The van der Waals surface area contributed by atoms with Crippen LogP contribution in [0.15, 0.2) is 18.3 Å². The van der Waals surface area contributed by atoms with Crippen molar-refractivity contribution in [2.75, 3.05) is 26.7 Å². The van der Waals surface area contributed by atoms with Crippen LogP contribution in [0.1, 0.15) is 17.3 Å². The average molecular weight is 242 g/mol. The number of pyridine rings is 1. The predicted octanol–water partition coefficient (Wildman–Crippen LogP) is 1.42. The lowest BCUT2D eigenvalue weighted by atomic mass is 10.3. The van der Waals surface area contributed by atoms with Crippen LogP contribution in [-0.4, -0.2) is 42.5 Å². The maximum atomic E-state index is 11.6. The van der Waals surface area contributed by atoms with Gasteiger partial charge in [0, 0.05) is 19.3 Å². The molecule has 0 atom stereocenters. The van der Waals surface area contributed by atoms with Gasteiger partial charge < -0.3 is 10.2 Å². The van der Waals surface area contributed by atoms with Crippen LogP contribution in [0.4, 0.5) is 0 Å². The average Bonchev–Trinajstić information content (AvgIpc) is 2.29. The molecule has 88 valence electrons. The topological polar surface area (TPSA) is 45.2 Å². The molecule has 0 aliphatic carbocycles. The monoisotopic (exact) mass is 241 g/mol. The summed E-state index contributed by atoms with van der Waals surface area (Å²) in [5.41, 5.74) is 0.531. The lowest BCUT2D eigenvalue weighted by Gasteiger charge is -2.13. The summed E-state index contributed by atoms with van der Waals surface area (Å²) in [7, 11) is 2.01. The van der Waals surface area contributed by atoms with Crippen LogP contribution in [0, 0.1) is 0 Å². The molecule has 0 aliphatic heterocycles. The molecule has 0 spiro atoms. The van der Waals surface area contributed by atoms with Crippen LogP contribution in [0.2, 0.25) is 5.15 Å². The van der Waals surface area contributed by atoms with Crippen molar-refractivity contribution in [1.29, 1.82) is 0 Å². The van der Waals surface area contributed by atoms with Gasteiger partial charge >= 0.3 is 0 Å². The Bertz CT molecular complexity index is 340. The van der Waals surface area contributed by atoms with Gasteiger partial charge in [0.05, 0.1) is 5.56 Å². The molecule has 1 rings (SSSR count). The summed E-state index contributed by atoms with van der Waals surface area (Å²) >= 11 is 5.63. The molecule has 0 saturated carbocycles. The minimum Gasteiger partial charge on any atom is -0.351 e. The van der Waals surface area contributed by atoms with Gasteiger partial charge in [-0.15, -0.1) is 0 Å². The van der Waals surface area contributed by atoms with Gasteiger partial charge in [-0.25, -0.2) is 4.98 Å². The van der Waals surface area contributed by atoms with E-state index in [4.69, 9.17) is 11.6 Å². The molecule has 0 aliphatic rings. The van der Waals surface area contributed by atoms with Crippen molar-refractivity contribution in [2.24, 2.45) is 0 Å². The third kappa shape index (κ3) is 4.16. The molecule has 0 bridgehead atoms. The molecule has 5 heteroatoms. The van der Waals surface area contributed by atoms with E-state index < -0.39 is 0 Å². The van der Waals surface area contributed by atoms with Crippen molar-refractivity contribution in [3.05, 3.63) is 29.0 Å². The fourth-order valence-corrected chi connectivity index (χ4v) is 1.24. The number of hydrogen-bond acceptors (Lipinski definition) is 3. The lowest BCUT2D eigenvalue weighted by Crippen LogP contribution is -2.32. The van der Waals surface area contributed by atoms with Gasteiger partial charge in [-0.3, -0.25) is 4.79 Å². The highest BCUT2D eigenvalue weighted by molar-refractivity contribution is 6.29. The normalized spacial score (nSPS) is 10.5. The number of halogens is 1. The minimum atomic E-state index is -0.117. The number of aromatic nitrogens is 1. The van der Waals surface area contributed by atoms with Gasteiger partial charge in [0.25, 0.3) is 5.91 Å². The van der Waals surface area contributed by atoms with Gasteiger partial charge in [-0.1, -0.05) is 18.5 Å². The molecule has 0 fully saturated rings. The van der Waals surface area contributed by atoms with Crippen LogP contribution in [0.25, 0.3) is 0 Å². The first-order valence-corrected chi connectivity index (χ1v) is 5.59. The molecule has 16 heavy (non-hydrogen) atoms. The van der Waals surface area contributed by atoms with Crippen molar-refractivity contribution in [1.82, 2.24) is 15.2 Å². The molecular weight excluding hydrogens is 226 g/mol. The molecule has 1 aromatic heterocycles. The first-order chi connectivity index (χ1) is 7.63. The van der Waals surface area contributed by atoms with Crippen molar-refractivity contribution in [2.45, 2.75) is 6.92 Å². The number of nitrogens with one attached hydrogen (secondary N) is 1. The first-order valence-electron chi connectivity index (χ1n) is 5.21. The number of carbonyl (C=O) groups is 1. The molecule has 4 nitrogen and oxygen atoms in total. The Hall–Kier alpha value is -1.13. The molecule has 0 aromatic carbocycles. The third-order valence-electron chi connectivity index (χ3n) is 2.31. The summed E-state index contributed by atoms with van der Waals surface area (Å²) in [5.74, 6) is -0.117. The molecule has 1 amide bonds. The third-order valence-corrected chi connectivity index (χ3v) is 2.53. The van der Waals surface area contributed by atoms with Gasteiger partial charge in [0.1, 0.15) is 5.15 Å². The van der Waals surface area contributed by atoms with Gasteiger partial charge in [0.15, 0.2) is 0 Å². The summed E-state index contributed by atoms with van der Waals surface area (Å²) in [6.07, 6.45) is 1.47. The van der Waals surface area contributed by atoms with Crippen LogP contribution in [0.3, 0.4) is 0 Å². The Balaban J connectivity index is 2.38. The molecule has 1 heterocycles. The number of rotatable bonds is 5. The Morgan fingerprint density at radius 3 is 2.88 bits per heavy atom. The maximum absolute atomic E-state index is 11.6.